The number of hydrogen-bond acceptors (Lipinski definition) is 9. The summed E-state index contributed by atoms with van der Waals surface area (Å²) in [5.41, 5.74) is 1.14. The van der Waals surface area contributed by atoms with Crippen LogP contribution in [0.4, 0.5) is 11.4 Å². The summed E-state index contributed by atoms with van der Waals surface area (Å²) in [5, 5.41) is 11.5. The van der Waals surface area contributed by atoms with Gasteiger partial charge in [-0.3, -0.25) is 10.1 Å². The lowest BCUT2D eigenvalue weighted by atomic mass is 10.1. The molecule has 0 amide bonds. The number of rotatable bonds is 6. The molecule has 0 unspecified atom stereocenters. The molecule has 162 valence electrons. The summed E-state index contributed by atoms with van der Waals surface area (Å²) in [5.74, 6) is -1.52. The third kappa shape index (κ3) is 5.04. The number of hydrogen-bond donors (Lipinski definition) is 0. The third-order valence-corrected chi connectivity index (χ3v) is 5.47. The van der Waals surface area contributed by atoms with E-state index >= 15 is 0 Å². The number of aryl methyl sites for hydroxylation is 1. The number of non-ortho nitro benzene ring substituents is 1. The van der Waals surface area contributed by atoms with Crippen molar-refractivity contribution >= 4 is 35.1 Å². The lowest BCUT2D eigenvalue weighted by molar-refractivity contribution is -0.385. The fraction of sp³-hybridized carbons (Fsp3) is 0.238. The number of anilines is 1. The zero-order valence-electron chi connectivity index (χ0n) is 17.1. The van der Waals surface area contributed by atoms with E-state index < -0.39 is 16.9 Å². The summed E-state index contributed by atoms with van der Waals surface area (Å²) in [6.45, 7) is 1.73. The Hall–Kier alpha value is -3.37. The molecule has 0 aromatic heterocycles. The van der Waals surface area contributed by atoms with Gasteiger partial charge in [0.2, 0.25) is 0 Å². The van der Waals surface area contributed by atoms with Crippen molar-refractivity contribution in [2.24, 2.45) is 0 Å². The highest BCUT2D eigenvalue weighted by Crippen LogP contribution is 2.36. The van der Waals surface area contributed by atoms with Crippen LogP contribution in [0.1, 0.15) is 5.56 Å². The van der Waals surface area contributed by atoms with Crippen LogP contribution < -0.4 is 4.90 Å². The quantitative estimate of drug-likeness (QED) is 0.376. The summed E-state index contributed by atoms with van der Waals surface area (Å²) in [6.07, 6.45) is 0. The molecule has 0 radical (unpaired) electrons. The number of ether oxygens (including phenoxy) is 3. The van der Waals surface area contributed by atoms with Gasteiger partial charge in [-0.15, -0.1) is 0 Å². The first kappa shape index (κ1) is 22.3. The molecule has 1 heterocycles. The number of nitro benzene ring substituents is 1. The molecular weight excluding hydrogens is 424 g/mol. The van der Waals surface area contributed by atoms with Gasteiger partial charge in [0.15, 0.2) is 0 Å². The number of carbonyl (C=O) groups excluding carboxylic acids is 2. The smallest absolute Gasteiger partial charge is 0.355 e. The average Bonchev–Trinajstić information content (AvgIpc) is 2.78. The number of esters is 2. The van der Waals surface area contributed by atoms with E-state index in [9.17, 15) is 19.7 Å². The Bertz CT molecular complexity index is 1050. The Kier molecular flexibility index (Phi) is 6.93. The molecule has 0 aliphatic carbocycles. The van der Waals surface area contributed by atoms with Crippen molar-refractivity contribution in [2.75, 3.05) is 32.5 Å². The van der Waals surface area contributed by atoms with E-state index in [-0.39, 0.29) is 30.3 Å². The van der Waals surface area contributed by atoms with Gasteiger partial charge in [-0.05, 0) is 25.1 Å². The minimum Gasteiger partial charge on any atom is -0.466 e. The molecule has 0 atom stereocenters. The summed E-state index contributed by atoms with van der Waals surface area (Å²) in [6, 6.07) is 12.2. The molecule has 31 heavy (non-hydrogen) atoms. The fourth-order valence-corrected chi connectivity index (χ4v) is 3.88. The SMILES string of the molecule is COC(=O)C1=C(C(=O)OC)N(c2cc(Sc3ccc(C)cc3)cc([N+](=O)[O-])c2)COC1. The predicted octanol–water partition coefficient (Wildman–Crippen LogP) is 3.45. The Morgan fingerprint density at radius 2 is 1.74 bits per heavy atom. The lowest BCUT2D eigenvalue weighted by Crippen LogP contribution is -2.38. The minimum absolute atomic E-state index is 0.0279. The van der Waals surface area contributed by atoms with E-state index in [2.05, 4.69) is 0 Å². The summed E-state index contributed by atoms with van der Waals surface area (Å²) < 4.78 is 15.0. The monoisotopic (exact) mass is 444 g/mol. The molecule has 0 spiro atoms. The van der Waals surface area contributed by atoms with Gasteiger partial charge in [0.1, 0.15) is 12.4 Å². The van der Waals surface area contributed by atoms with Crippen LogP contribution in [0.2, 0.25) is 0 Å². The van der Waals surface area contributed by atoms with Crippen LogP contribution in [0, 0.1) is 17.0 Å². The summed E-state index contributed by atoms with van der Waals surface area (Å²) in [7, 11) is 2.37. The maximum absolute atomic E-state index is 12.5. The van der Waals surface area contributed by atoms with Crippen LogP contribution in [-0.4, -0.2) is 44.4 Å². The molecule has 1 aliphatic rings. The maximum atomic E-state index is 12.5. The number of nitro groups is 1. The van der Waals surface area contributed by atoms with Crippen molar-refractivity contribution < 1.29 is 28.7 Å². The summed E-state index contributed by atoms with van der Waals surface area (Å²) >= 11 is 1.34. The fourth-order valence-electron chi connectivity index (χ4n) is 2.98. The largest absolute Gasteiger partial charge is 0.466 e. The Morgan fingerprint density at radius 3 is 2.35 bits per heavy atom. The number of methoxy groups -OCH3 is 2. The molecule has 10 heteroatoms. The van der Waals surface area contributed by atoms with Crippen molar-refractivity contribution in [1.29, 1.82) is 0 Å². The van der Waals surface area contributed by atoms with Gasteiger partial charge in [-0.1, -0.05) is 29.5 Å². The molecule has 0 bridgehead atoms. The van der Waals surface area contributed by atoms with Crippen molar-refractivity contribution in [2.45, 2.75) is 16.7 Å². The Balaban J connectivity index is 2.09. The van der Waals surface area contributed by atoms with Gasteiger partial charge in [0.05, 0.1) is 37.0 Å². The van der Waals surface area contributed by atoms with Crippen LogP contribution in [0.25, 0.3) is 0 Å². The van der Waals surface area contributed by atoms with Crippen LogP contribution >= 0.6 is 11.8 Å². The predicted molar refractivity (Wildman–Crippen MR) is 113 cm³/mol. The molecule has 0 saturated heterocycles. The van der Waals surface area contributed by atoms with Gasteiger partial charge < -0.3 is 19.1 Å². The average molecular weight is 444 g/mol. The van der Waals surface area contributed by atoms with E-state index in [1.165, 1.54) is 43.0 Å². The molecule has 2 aromatic rings. The third-order valence-electron chi connectivity index (χ3n) is 4.49. The van der Waals surface area contributed by atoms with Gasteiger partial charge in [-0.25, -0.2) is 9.59 Å². The molecule has 0 N–H and O–H groups in total. The molecule has 9 nitrogen and oxygen atoms in total. The zero-order valence-corrected chi connectivity index (χ0v) is 17.9. The normalized spacial score (nSPS) is 13.7. The second-order valence-electron chi connectivity index (χ2n) is 6.57. The number of carbonyl (C=O) groups is 2. The van der Waals surface area contributed by atoms with Gasteiger partial charge in [0, 0.05) is 21.9 Å². The van der Waals surface area contributed by atoms with Crippen LogP contribution in [-0.2, 0) is 23.8 Å². The van der Waals surface area contributed by atoms with E-state index in [0.717, 1.165) is 10.5 Å². The Morgan fingerprint density at radius 1 is 1.06 bits per heavy atom. The molecule has 1 aliphatic heterocycles. The first-order valence-corrected chi connectivity index (χ1v) is 9.94. The van der Waals surface area contributed by atoms with Crippen molar-refractivity contribution in [3.8, 4) is 0 Å². The van der Waals surface area contributed by atoms with Gasteiger partial charge in [0.25, 0.3) is 5.69 Å². The highest BCUT2D eigenvalue weighted by atomic mass is 32.2. The Labute approximate surface area is 182 Å². The number of nitrogens with zero attached hydrogens (tertiary/aromatic N) is 2. The highest BCUT2D eigenvalue weighted by Gasteiger charge is 2.33. The standard InChI is InChI=1S/C21H20N2O7S/c1-13-4-6-16(7-5-13)31-17-9-14(8-15(10-17)23(26)27)22-12-30-11-18(20(24)28-2)19(22)21(25)29-3/h4-10H,11-12H2,1-3H3. The molecule has 0 fully saturated rings. The lowest BCUT2D eigenvalue weighted by Gasteiger charge is -2.31. The maximum Gasteiger partial charge on any atom is 0.355 e. The van der Waals surface area contributed by atoms with Crippen LogP contribution in [0.5, 0.6) is 0 Å². The molecule has 3 rings (SSSR count). The molecule has 0 saturated carbocycles. The van der Waals surface area contributed by atoms with E-state index in [0.29, 0.717) is 10.6 Å². The minimum atomic E-state index is -0.775. The van der Waals surface area contributed by atoms with Crippen molar-refractivity contribution in [1.82, 2.24) is 0 Å². The van der Waals surface area contributed by atoms with E-state index in [1.807, 2.05) is 31.2 Å². The second-order valence-corrected chi connectivity index (χ2v) is 7.72. The van der Waals surface area contributed by atoms with Crippen molar-refractivity contribution in [3.63, 3.8) is 0 Å². The zero-order chi connectivity index (χ0) is 22.5. The first-order valence-electron chi connectivity index (χ1n) is 9.13. The molecule has 2 aromatic carbocycles. The number of benzene rings is 2. The van der Waals surface area contributed by atoms with Crippen LogP contribution in [0.15, 0.2) is 63.5 Å². The topological polar surface area (TPSA) is 108 Å². The van der Waals surface area contributed by atoms with Gasteiger partial charge >= 0.3 is 11.9 Å². The second kappa shape index (κ2) is 9.63. The highest BCUT2D eigenvalue weighted by molar-refractivity contribution is 7.99. The molecular formula is C21H20N2O7S. The first-order chi connectivity index (χ1) is 14.8. The van der Waals surface area contributed by atoms with Crippen molar-refractivity contribution in [3.05, 3.63) is 69.4 Å². The summed E-state index contributed by atoms with van der Waals surface area (Å²) in [4.78, 5) is 38.5. The van der Waals surface area contributed by atoms with E-state index in [4.69, 9.17) is 14.2 Å². The van der Waals surface area contributed by atoms with Crippen LogP contribution in [0.3, 0.4) is 0 Å². The van der Waals surface area contributed by atoms with E-state index in [1.54, 1.807) is 6.07 Å². The van der Waals surface area contributed by atoms with Gasteiger partial charge in [-0.2, -0.15) is 0 Å².